The SMILES string of the molecule is COc1cccc(C=N[C@@H]2c3ccccc3C[C@@H]2O)c1O. The lowest BCUT2D eigenvalue weighted by molar-refractivity contribution is 0.159. The van der Waals surface area contributed by atoms with Gasteiger partial charge >= 0.3 is 0 Å². The van der Waals surface area contributed by atoms with Crippen LogP contribution in [-0.4, -0.2) is 29.6 Å². The Kier molecular flexibility index (Phi) is 3.62. The van der Waals surface area contributed by atoms with Crippen LogP contribution in [0.5, 0.6) is 11.5 Å². The van der Waals surface area contributed by atoms with E-state index in [1.807, 2.05) is 24.3 Å². The Bertz CT molecular complexity index is 681. The first kappa shape index (κ1) is 13.6. The third-order valence-corrected chi connectivity index (χ3v) is 3.79. The fraction of sp³-hybridized carbons (Fsp3) is 0.235. The van der Waals surface area contributed by atoms with Gasteiger partial charge in [0.25, 0.3) is 0 Å². The van der Waals surface area contributed by atoms with Gasteiger partial charge in [-0.15, -0.1) is 0 Å². The maximum Gasteiger partial charge on any atom is 0.166 e. The summed E-state index contributed by atoms with van der Waals surface area (Å²) >= 11 is 0. The van der Waals surface area contributed by atoms with Crippen molar-refractivity contribution in [1.82, 2.24) is 0 Å². The molecule has 0 aromatic heterocycles. The molecule has 21 heavy (non-hydrogen) atoms. The largest absolute Gasteiger partial charge is 0.504 e. The molecular weight excluding hydrogens is 266 g/mol. The highest BCUT2D eigenvalue weighted by molar-refractivity contribution is 5.85. The third-order valence-electron chi connectivity index (χ3n) is 3.79. The van der Waals surface area contributed by atoms with Crippen LogP contribution in [0.25, 0.3) is 0 Å². The summed E-state index contributed by atoms with van der Waals surface area (Å²) in [7, 11) is 1.51. The van der Waals surface area contributed by atoms with Crippen LogP contribution >= 0.6 is 0 Å². The minimum atomic E-state index is -0.522. The Morgan fingerprint density at radius 2 is 2.00 bits per heavy atom. The van der Waals surface area contributed by atoms with Crippen LogP contribution in [0.3, 0.4) is 0 Å². The summed E-state index contributed by atoms with van der Waals surface area (Å²) in [5.41, 5.74) is 2.75. The number of nitrogens with zero attached hydrogens (tertiary/aromatic N) is 1. The molecule has 0 unspecified atom stereocenters. The van der Waals surface area contributed by atoms with Crippen LogP contribution in [0, 0.1) is 0 Å². The van der Waals surface area contributed by atoms with Gasteiger partial charge in [-0.25, -0.2) is 0 Å². The van der Waals surface area contributed by atoms with Crippen LogP contribution in [0.2, 0.25) is 0 Å². The molecule has 0 aliphatic heterocycles. The molecule has 4 nitrogen and oxygen atoms in total. The van der Waals surface area contributed by atoms with Crippen LogP contribution in [0.15, 0.2) is 47.5 Å². The van der Waals surface area contributed by atoms with Gasteiger partial charge in [-0.1, -0.05) is 30.3 Å². The van der Waals surface area contributed by atoms with Gasteiger partial charge in [0.1, 0.15) is 6.04 Å². The topological polar surface area (TPSA) is 62.0 Å². The minimum Gasteiger partial charge on any atom is -0.504 e. The van der Waals surface area contributed by atoms with Crippen molar-refractivity contribution in [3.05, 3.63) is 59.2 Å². The molecule has 0 spiro atoms. The number of benzene rings is 2. The second kappa shape index (κ2) is 5.58. The highest BCUT2D eigenvalue weighted by Gasteiger charge is 2.29. The summed E-state index contributed by atoms with van der Waals surface area (Å²) in [6.45, 7) is 0. The predicted octanol–water partition coefficient (Wildman–Crippen LogP) is 2.48. The van der Waals surface area contributed by atoms with Crippen LogP contribution in [-0.2, 0) is 6.42 Å². The summed E-state index contributed by atoms with van der Waals surface area (Å²) < 4.78 is 5.07. The zero-order valence-corrected chi connectivity index (χ0v) is 11.7. The molecule has 3 rings (SSSR count). The summed E-state index contributed by atoms with van der Waals surface area (Å²) in [6, 6.07) is 12.9. The number of aliphatic hydroxyl groups excluding tert-OH is 1. The number of methoxy groups -OCH3 is 1. The molecule has 1 aliphatic carbocycles. The summed E-state index contributed by atoms with van der Waals surface area (Å²) in [4.78, 5) is 4.46. The second-order valence-electron chi connectivity index (χ2n) is 5.09. The molecule has 2 N–H and O–H groups in total. The maximum atomic E-state index is 10.2. The number of rotatable bonds is 3. The number of aliphatic hydroxyl groups is 1. The number of hydrogen-bond donors (Lipinski definition) is 2. The smallest absolute Gasteiger partial charge is 0.166 e. The Labute approximate surface area is 123 Å². The molecule has 0 bridgehead atoms. The van der Waals surface area contributed by atoms with Crippen molar-refractivity contribution in [2.45, 2.75) is 18.6 Å². The van der Waals surface area contributed by atoms with E-state index < -0.39 is 6.10 Å². The van der Waals surface area contributed by atoms with Crippen LogP contribution in [0.4, 0.5) is 0 Å². The van der Waals surface area contributed by atoms with E-state index in [4.69, 9.17) is 4.74 Å². The first-order valence-electron chi connectivity index (χ1n) is 6.85. The monoisotopic (exact) mass is 283 g/mol. The first-order chi connectivity index (χ1) is 10.2. The van der Waals surface area contributed by atoms with Crippen molar-refractivity contribution in [1.29, 1.82) is 0 Å². The molecule has 2 aromatic carbocycles. The quantitative estimate of drug-likeness (QED) is 0.851. The Hall–Kier alpha value is -2.33. The van der Waals surface area contributed by atoms with Gasteiger partial charge in [-0.05, 0) is 23.3 Å². The summed E-state index contributed by atoms with van der Waals surface area (Å²) in [5.74, 6) is 0.468. The maximum absolute atomic E-state index is 10.2. The lowest BCUT2D eigenvalue weighted by atomic mass is 10.1. The van der Waals surface area contributed by atoms with E-state index in [9.17, 15) is 10.2 Å². The number of aromatic hydroxyl groups is 1. The Morgan fingerprint density at radius 3 is 2.81 bits per heavy atom. The molecule has 0 saturated heterocycles. The van der Waals surface area contributed by atoms with Crippen molar-refractivity contribution in [3.63, 3.8) is 0 Å². The first-order valence-corrected chi connectivity index (χ1v) is 6.85. The zero-order chi connectivity index (χ0) is 14.8. The van der Waals surface area contributed by atoms with Crippen molar-refractivity contribution in [2.24, 2.45) is 4.99 Å². The van der Waals surface area contributed by atoms with Crippen LogP contribution < -0.4 is 4.74 Å². The van der Waals surface area contributed by atoms with E-state index >= 15 is 0 Å². The van der Waals surface area contributed by atoms with Gasteiger partial charge in [-0.2, -0.15) is 0 Å². The van der Waals surface area contributed by atoms with E-state index in [1.54, 1.807) is 24.4 Å². The highest BCUT2D eigenvalue weighted by Crippen LogP contribution is 2.35. The van der Waals surface area contributed by atoms with Gasteiger partial charge in [0, 0.05) is 18.2 Å². The fourth-order valence-corrected chi connectivity index (χ4v) is 2.70. The number of phenolic OH excluding ortho intramolecular Hbond substituents is 1. The fourth-order valence-electron chi connectivity index (χ4n) is 2.70. The van der Waals surface area contributed by atoms with Gasteiger partial charge in [0.05, 0.1) is 13.2 Å². The molecular formula is C17H17NO3. The average molecular weight is 283 g/mol. The van der Waals surface area contributed by atoms with Gasteiger partial charge < -0.3 is 14.9 Å². The molecule has 0 saturated carbocycles. The zero-order valence-electron chi connectivity index (χ0n) is 11.7. The molecule has 4 heteroatoms. The summed E-state index contributed by atoms with van der Waals surface area (Å²) in [6.07, 6.45) is 1.68. The number of hydrogen-bond acceptors (Lipinski definition) is 4. The molecule has 0 amide bonds. The second-order valence-corrected chi connectivity index (χ2v) is 5.09. The molecule has 2 atom stereocenters. The molecule has 0 fully saturated rings. The average Bonchev–Trinajstić information content (AvgIpc) is 2.82. The van der Waals surface area contributed by atoms with Crippen molar-refractivity contribution >= 4 is 6.21 Å². The third kappa shape index (κ3) is 2.50. The standard InChI is InChI=1S/C17H17NO3/c1-21-15-8-4-6-12(17(15)20)10-18-16-13-7-3-2-5-11(13)9-14(16)19/h2-8,10,14,16,19-20H,9H2,1H3/t14-,16+/m0/s1. The van der Waals surface area contributed by atoms with Crippen molar-refractivity contribution in [2.75, 3.05) is 7.11 Å². The van der Waals surface area contributed by atoms with E-state index in [2.05, 4.69) is 4.99 Å². The Morgan fingerprint density at radius 1 is 1.19 bits per heavy atom. The molecule has 0 radical (unpaired) electrons. The molecule has 108 valence electrons. The van der Waals surface area contributed by atoms with Gasteiger partial charge in [0.15, 0.2) is 11.5 Å². The van der Waals surface area contributed by atoms with Gasteiger partial charge in [0.2, 0.25) is 0 Å². The predicted molar refractivity (Wildman–Crippen MR) is 81.1 cm³/mol. The number of aliphatic imine (C=N–C) groups is 1. The number of phenols is 1. The number of para-hydroxylation sites is 1. The molecule has 0 heterocycles. The minimum absolute atomic E-state index is 0.0597. The van der Waals surface area contributed by atoms with Gasteiger partial charge in [-0.3, -0.25) is 4.99 Å². The number of fused-ring (bicyclic) bond motifs is 1. The molecule has 2 aromatic rings. The lowest BCUT2D eigenvalue weighted by Gasteiger charge is -2.11. The van der Waals surface area contributed by atoms with Crippen LogP contribution in [0.1, 0.15) is 22.7 Å². The number of ether oxygens (including phenoxy) is 1. The van der Waals surface area contributed by atoms with Crippen molar-refractivity contribution < 1.29 is 14.9 Å². The van der Waals surface area contributed by atoms with E-state index in [-0.39, 0.29) is 11.8 Å². The highest BCUT2D eigenvalue weighted by atomic mass is 16.5. The van der Waals surface area contributed by atoms with E-state index in [1.165, 1.54) is 7.11 Å². The lowest BCUT2D eigenvalue weighted by Crippen LogP contribution is -2.11. The molecule has 1 aliphatic rings. The summed E-state index contributed by atoms with van der Waals surface area (Å²) in [5, 5.41) is 20.2. The normalized spacial score (nSPS) is 20.7. The van der Waals surface area contributed by atoms with E-state index in [0.29, 0.717) is 17.7 Å². The van der Waals surface area contributed by atoms with Crippen molar-refractivity contribution in [3.8, 4) is 11.5 Å². The Balaban J connectivity index is 1.90. The van der Waals surface area contributed by atoms with E-state index in [0.717, 1.165) is 11.1 Å².